The highest BCUT2D eigenvalue weighted by Crippen LogP contribution is 2.23. The third kappa shape index (κ3) is 2.01. The van der Waals surface area contributed by atoms with Gasteiger partial charge in [-0.1, -0.05) is 11.2 Å². The second-order valence-electron chi connectivity index (χ2n) is 4.34. The predicted octanol–water partition coefficient (Wildman–Crippen LogP) is 2.29. The molecule has 0 spiro atoms. The van der Waals surface area contributed by atoms with Crippen LogP contribution in [0.4, 0.5) is 4.39 Å². The van der Waals surface area contributed by atoms with Gasteiger partial charge in [-0.3, -0.25) is 9.59 Å². The second-order valence-corrected chi connectivity index (χ2v) is 4.68. The Morgan fingerprint density at radius 1 is 1.44 bits per heavy atom. The van der Waals surface area contributed by atoms with Crippen LogP contribution in [-0.2, 0) is 9.63 Å². The molecule has 0 aromatic heterocycles. The highest BCUT2D eigenvalue weighted by atomic mass is 35.5. The number of carbonyl (C=O) groups is 2. The molecule has 1 aliphatic heterocycles. The van der Waals surface area contributed by atoms with E-state index in [-0.39, 0.29) is 22.6 Å². The number of hydrogen-bond donors (Lipinski definition) is 0. The van der Waals surface area contributed by atoms with E-state index in [0.29, 0.717) is 0 Å². The highest BCUT2D eigenvalue weighted by molar-refractivity contribution is 6.67. The van der Waals surface area contributed by atoms with Crippen LogP contribution in [0, 0.1) is 5.82 Å². The largest absolute Gasteiger partial charge is 0.381 e. The minimum absolute atomic E-state index is 0.0347. The van der Waals surface area contributed by atoms with Crippen molar-refractivity contribution in [1.82, 2.24) is 0 Å². The summed E-state index contributed by atoms with van der Waals surface area (Å²) in [5.41, 5.74) is -1.00. The van der Waals surface area contributed by atoms with E-state index in [1.807, 2.05) is 0 Å². The summed E-state index contributed by atoms with van der Waals surface area (Å²) in [5, 5.41) is 2.74. The van der Waals surface area contributed by atoms with Gasteiger partial charge in [0.2, 0.25) is 5.78 Å². The van der Waals surface area contributed by atoms with Crippen molar-refractivity contribution in [2.24, 2.45) is 5.16 Å². The Labute approximate surface area is 107 Å². The van der Waals surface area contributed by atoms with Gasteiger partial charge in [0, 0.05) is 5.56 Å². The first kappa shape index (κ1) is 12.7. The fourth-order valence-electron chi connectivity index (χ4n) is 1.53. The van der Waals surface area contributed by atoms with Crippen LogP contribution in [0.15, 0.2) is 23.4 Å². The molecule has 0 unspecified atom stereocenters. The first-order valence-corrected chi connectivity index (χ1v) is 5.51. The normalized spacial score (nSPS) is 17.3. The molecule has 1 heterocycles. The van der Waals surface area contributed by atoms with Gasteiger partial charge in [-0.05, 0) is 37.6 Å². The van der Waals surface area contributed by atoms with Crippen LogP contribution in [0.1, 0.15) is 29.8 Å². The zero-order valence-electron chi connectivity index (χ0n) is 9.66. The number of hydrogen-bond acceptors (Lipinski definition) is 4. The summed E-state index contributed by atoms with van der Waals surface area (Å²) in [4.78, 5) is 27.7. The molecule has 6 heteroatoms. The zero-order chi connectivity index (χ0) is 13.5. The van der Waals surface area contributed by atoms with Crippen molar-refractivity contribution in [1.29, 1.82) is 0 Å². The molecule has 1 aromatic rings. The number of carbonyl (C=O) groups excluding carboxylic acids is 2. The smallest absolute Gasteiger partial charge is 0.255 e. The van der Waals surface area contributed by atoms with Gasteiger partial charge in [-0.2, -0.15) is 0 Å². The lowest BCUT2D eigenvalue weighted by atomic mass is 9.95. The van der Waals surface area contributed by atoms with E-state index in [1.54, 1.807) is 13.8 Å². The van der Waals surface area contributed by atoms with E-state index in [1.165, 1.54) is 12.1 Å². The van der Waals surface area contributed by atoms with Crippen molar-refractivity contribution in [3.63, 3.8) is 0 Å². The molecule has 1 aromatic carbocycles. The van der Waals surface area contributed by atoms with Crippen LogP contribution in [0.5, 0.6) is 0 Å². The van der Waals surface area contributed by atoms with E-state index in [2.05, 4.69) is 5.16 Å². The Kier molecular flexibility index (Phi) is 2.94. The monoisotopic (exact) mass is 269 g/mol. The third-order valence-electron chi connectivity index (χ3n) is 2.58. The van der Waals surface area contributed by atoms with Crippen molar-refractivity contribution in [2.45, 2.75) is 19.4 Å². The molecule has 0 aliphatic carbocycles. The molecule has 18 heavy (non-hydrogen) atoms. The van der Waals surface area contributed by atoms with Crippen LogP contribution < -0.4 is 0 Å². The summed E-state index contributed by atoms with van der Waals surface area (Å²) >= 11 is 5.19. The van der Waals surface area contributed by atoms with Crippen molar-refractivity contribution >= 4 is 28.3 Å². The highest BCUT2D eigenvalue weighted by Gasteiger charge is 2.40. The molecular weight excluding hydrogens is 261 g/mol. The lowest BCUT2D eigenvalue weighted by Gasteiger charge is -2.11. The molecule has 94 valence electrons. The Balaban J connectivity index is 2.40. The molecule has 0 N–H and O–H groups in total. The number of ketones is 1. The average Bonchev–Trinajstić information content (AvgIpc) is 2.53. The Morgan fingerprint density at radius 3 is 2.56 bits per heavy atom. The maximum atomic E-state index is 13.6. The van der Waals surface area contributed by atoms with E-state index in [4.69, 9.17) is 16.4 Å². The fourth-order valence-corrected chi connectivity index (χ4v) is 1.69. The lowest BCUT2D eigenvalue weighted by Crippen LogP contribution is -2.33. The molecule has 0 saturated heterocycles. The molecule has 0 atom stereocenters. The van der Waals surface area contributed by atoms with E-state index in [0.717, 1.165) is 6.07 Å². The van der Waals surface area contributed by atoms with Crippen molar-refractivity contribution < 1.29 is 18.8 Å². The van der Waals surface area contributed by atoms with Gasteiger partial charge in [0.1, 0.15) is 5.82 Å². The molecule has 0 radical (unpaired) electrons. The van der Waals surface area contributed by atoms with Gasteiger partial charge < -0.3 is 4.84 Å². The maximum absolute atomic E-state index is 13.6. The summed E-state index contributed by atoms with van der Waals surface area (Å²) in [6.07, 6.45) is 0. The van der Waals surface area contributed by atoms with Crippen molar-refractivity contribution in [3.8, 4) is 0 Å². The summed E-state index contributed by atoms with van der Waals surface area (Å²) in [6, 6.07) is 3.65. The van der Waals surface area contributed by atoms with Gasteiger partial charge >= 0.3 is 0 Å². The van der Waals surface area contributed by atoms with Crippen LogP contribution in [0.3, 0.4) is 0 Å². The molecular formula is C12H9ClFNO3. The van der Waals surface area contributed by atoms with Gasteiger partial charge in [-0.25, -0.2) is 4.39 Å². The molecule has 1 aliphatic rings. The summed E-state index contributed by atoms with van der Waals surface area (Å²) in [6.45, 7) is 3.14. The Bertz CT molecular complexity index is 581. The molecule has 0 saturated carbocycles. The van der Waals surface area contributed by atoms with Gasteiger partial charge in [0.25, 0.3) is 5.24 Å². The fraction of sp³-hybridized carbons (Fsp3) is 0.250. The summed E-state index contributed by atoms with van der Waals surface area (Å²) in [7, 11) is 0. The second kappa shape index (κ2) is 4.17. The van der Waals surface area contributed by atoms with E-state index in [9.17, 15) is 14.0 Å². The first-order valence-electron chi connectivity index (χ1n) is 5.13. The van der Waals surface area contributed by atoms with E-state index >= 15 is 0 Å². The molecule has 0 fully saturated rings. The lowest BCUT2D eigenvalue weighted by molar-refractivity contribution is -0.128. The van der Waals surface area contributed by atoms with Crippen molar-refractivity contribution in [3.05, 3.63) is 35.1 Å². The van der Waals surface area contributed by atoms with Crippen LogP contribution in [0.25, 0.3) is 0 Å². The topological polar surface area (TPSA) is 55.7 Å². The minimum atomic E-state index is -1.05. The quantitative estimate of drug-likeness (QED) is 0.774. The summed E-state index contributed by atoms with van der Waals surface area (Å²) < 4.78 is 13.6. The standard InChI is InChI=1S/C12H9ClFNO3/c1-12(2)10(16)9(15-18-12)6-3-4-7(11(13)17)8(14)5-6/h3-5H,1-2H3. The first-order chi connectivity index (χ1) is 8.33. The van der Waals surface area contributed by atoms with Crippen molar-refractivity contribution in [2.75, 3.05) is 0 Å². The number of halogens is 2. The van der Waals surface area contributed by atoms with E-state index < -0.39 is 16.7 Å². The maximum Gasteiger partial charge on any atom is 0.255 e. The molecule has 4 nitrogen and oxygen atoms in total. The van der Waals surface area contributed by atoms with Gasteiger partial charge in [0.05, 0.1) is 5.56 Å². The zero-order valence-corrected chi connectivity index (χ0v) is 10.4. The van der Waals surface area contributed by atoms with Crippen LogP contribution >= 0.6 is 11.6 Å². The number of rotatable bonds is 2. The number of oxime groups is 1. The van der Waals surface area contributed by atoms with Gasteiger partial charge in [0.15, 0.2) is 11.3 Å². The Hall–Kier alpha value is -1.75. The number of Topliss-reactive ketones (excluding diaryl/α,β-unsaturated/α-hetero) is 1. The molecule has 0 amide bonds. The third-order valence-corrected chi connectivity index (χ3v) is 2.78. The molecule has 2 rings (SSSR count). The SMILES string of the molecule is CC1(C)ON=C(c2ccc(C(=O)Cl)c(F)c2)C1=O. The van der Waals surface area contributed by atoms with Gasteiger partial charge in [-0.15, -0.1) is 0 Å². The number of benzene rings is 1. The average molecular weight is 270 g/mol. The Morgan fingerprint density at radius 2 is 2.11 bits per heavy atom. The van der Waals surface area contributed by atoms with Crippen LogP contribution in [-0.4, -0.2) is 22.3 Å². The number of nitrogens with zero attached hydrogens (tertiary/aromatic N) is 1. The molecule has 0 bridgehead atoms. The van der Waals surface area contributed by atoms with Crippen LogP contribution in [0.2, 0.25) is 0 Å². The summed E-state index contributed by atoms with van der Waals surface area (Å²) in [5.74, 6) is -1.14. The minimum Gasteiger partial charge on any atom is -0.381 e. The predicted molar refractivity (Wildman–Crippen MR) is 63.3 cm³/mol.